The lowest BCUT2D eigenvalue weighted by molar-refractivity contribution is 0.420. The van der Waals surface area contributed by atoms with E-state index in [1.165, 1.54) is 0 Å². The van der Waals surface area contributed by atoms with Crippen molar-refractivity contribution in [3.8, 4) is 0 Å². The highest BCUT2D eigenvalue weighted by atomic mass is 32.2. The molecular formula is C9H19N5O2S. The molecule has 0 saturated carbocycles. The molecule has 98 valence electrons. The minimum absolute atomic E-state index is 0.511. The topological polar surface area (TPSA) is 88.9 Å². The zero-order chi connectivity index (χ0) is 13.1. The highest BCUT2D eigenvalue weighted by Crippen LogP contribution is 2.02. The molecule has 0 amide bonds. The summed E-state index contributed by atoms with van der Waals surface area (Å²) in [6.07, 6.45) is 2.96. The number of hydrogen-bond donors (Lipinski definition) is 2. The first kappa shape index (κ1) is 14.1. The van der Waals surface area contributed by atoms with Gasteiger partial charge in [-0.1, -0.05) is 5.21 Å². The Balaban J connectivity index is 2.40. The first-order valence-corrected chi connectivity index (χ1v) is 7.12. The summed E-state index contributed by atoms with van der Waals surface area (Å²) in [4.78, 5) is 0. The van der Waals surface area contributed by atoms with E-state index in [4.69, 9.17) is 0 Å². The fourth-order valence-corrected chi connectivity index (χ4v) is 2.59. The van der Waals surface area contributed by atoms with Crippen molar-refractivity contribution in [3.63, 3.8) is 0 Å². The summed E-state index contributed by atoms with van der Waals surface area (Å²) < 4.78 is 26.4. The Kier molecular flexibility index (Phi) is 4.23. The van der Waals surface area contributed by atoms with Gasteiger partial charge in [-0.2, -0.15) is 0 Å². The minimum Gasteiger partial charge on any atom is -0.309 e. The number of aryl methyl sites for hydroxylation is 1. The van der Waals surface area contributed by atoms with Crippen LogP contribution < -0.4 is 10.0 Å². The normalized spacial score (nSPS) is 12.9. The number of aromatic nitrogens is 3. The molecule has 1 aromatic rings. The highest BCUT2D eigenvalue weighted by molar-refractivity contribution is 7.88. The molecule has 0 atom stereocenters. The number of nitrogens with one attached hydrogen (secondary N) is 2. The molecule has 0 fully saturated rings. The molecule has 0 aliphatic heterocycles. The van der Waals surface area contributed by atoms with Crippen LogP contribution in [0.15, 0.2) is 6.20 Å². The quantitative estimate of drug-likeness (QED) is 0.702. The fourth-order valence-electron chi connectivity index (χ4n) is 1.52. The molecule has 0 bridgehead atoms. The second kappa shape index (κ2) is 5.11. The maximum Gasteiger partial charge on any atom is 0.209 e. The Morgan fingerprint density at radius 1 is 1.47 bits per heavy atom. The minimum atomic E-state index is -3.19. The van der Waals surface area contributed by atoms with Gasteiger partial charge in [0.05, 0.1) is 11.9 Å². The van der Waals surface area contributed by atoms with Gasteiger partial charge in [0.15, 0.2) is 0 Å². The Bertz CT molecular complexity index is 465. The van der Waals surface area contributed by atoms with Crippen molar-refractivity contribution in [1.82, 2.24) is 25.0 Å². The third-order valence-electron chi connectivity index (χ3n) is 1.98. The molecule has 0 aliphatic rings. The summed E-state index contributed by atoms with van der Waals surface area (Å²) in [5.74, 6) is 0. The Morgan fingerprint density at radius 2 is 2.12 bits per heavy atom. The lowest BCUT2D eigenvalue weighted by Gasteiger charge is -2.25. The second-order valence-corrected chi connectivity index (χ2v) is 6.49. The van der Waals surface area contributed by atoms with Crippen LogP contribution >= 0.6 is 0 Å². The molecule has 1 aromatic heterocycles. The predicted octanol–water partition coefficient (Wildman–Crippen LogP) is -0.767. The summed E-state index contributed by atoms with van der Waals surface area (Å²) in [7, 11) is -1.40. The van der Waals surface area contributed by atoms with E-state index < -0.39 is 15.6 Å². The number of hydrogen-bond acceptors (Lipinski definition) is 5. The van der Waals surface area contributed by atoms with Crippen LogP contribution in [0.2, 0.25) is 0 Å². The van der Waals surface area contributed by atoms with Crippen molar-refractivity contribution in [3.05, 3.63) is 11.9 Å². The van der Waals surface area contributed by atoms with Crippen LogP contribution in [0.3, 0.4) is 0 Å². The van der Waals surface area contributed by atoms with E-state index in [1.807, 2.05) is 20.0 Å². The molecule has 0 radical (unpaired) electrons. The van der Waals surface area contributed by atoms with Crippen LogP contribution in [0, 0.1) is 0 Å². The van der Waals surface area contributed by atoms with Gasteiger partial charge < -0.3 is 5.32 Å². The Hall–Kier alpha value is -0.990. The summed E-state index contributed by atoms with van der Waals surface area (Å²) in [6, 6.07) is 0. The number of rotatable bonds is 6. The lowest BCUT2D eigenvalue weighted by atomic mass is 10.1. The van der Waals surface area contributed by atoms with Crippen molar-refractivity contribution in [1.29, 1.82) is 0 Å². The van der Waals surface area contributed by atoms with Crippen LogP contribution in [0.4, 0.5) is 0 Å². The first-order chi connectivity index (χ1) is 7.68. The van der Waals surface area contributed by atoms with Crippen LogP contribution in [-0.4, -0.2) is 41.8 Å². The molecule has 2 N–H and O–H groups in total. The average Bonchev–Trinajstić information content (AvgIpc) is 2.46. The van der Waals surface area contributed by atoms with Crippen molar-refractivity contribution >= 4 is 10.0 Å². The van der Waals surface area contributed by atoms with Gasteiger partial charge in [-0.05, 0) is 13.8 Å². The molecule has 1 heterocycles. The van der Waals surface area contributed by atoms with Gasteiger partial charge in [-0.15, -0.1) is 5.10 Å². The molecule has 17 heavy (non-hydrogen) atoms. The molecule has 7 nitrogen and oxygen atoms in total. The standard InChI is InChI=1S/C9H19N5O2S/c1-9(2,12-17(4,15)16)7-10-5-8-6-14(3)13-11-8/h6,10,12H,5,7H2,1-4H3. The largest absolute Gasteiger partial charge is 0.309 e. The van der Waals surface area contributed by atoms with Crippen molar-refractivity contribution in [2.75, 3.05) is 12.8 Å². The van der Waals surface area contributed by atoms with Crippen molar-refractivity contribution < 1.29 is 8.42 Å². The van der Waals surface area contributed by atoms with Crippen LogP contribution in [0.5, 0.6) is 0 Å². The van der Waals surface area contributed by atoms with Crippen LogP contribution in [-0.2, 0) is 23.6 Å². The monoisotopic (exact) mass is 261 g/mol. The molecule has 0 unspecified atom stereocenters. The van der Waals surface area contributed by atoms with E-state index in [2.05, 4.69) is 20.4 Å². The Morgan fingerprint density at radius 3 is 2.59 bits per heavy atom. The number of nitrogens with zero attached hydrogens (tertiary/aromatic N) is 3. The van der Waals surface area contributed by atoms with E-state index in [0.29, 0.717) is 13.1 Å². The van der Waals surface area contributed by atoms with Gasteiger partial charge in [0.25, 0.3) is 0 Å². The lowest BCUT2D eigenvalue weighted by Crippen LogP contribution is -2.49. The van der Waals surface area contributed by atoms with E-state index >= 15 is 0 Å². The van der Waals surface area contributed by atoms with Crippen molar-refractivity contribution in [2.45, 2.75) is 25.9 Å². The first-order valence-electron chi connectivity index (χ1n) is 5.23. The molecule has 0 aliphatic carbocycles. The summed E-state index contributed by atoms with van der Waals surface area (Å²) in [5.41, 5.74) is 0.290. The van der Waals surface area contributed by atoms with Gasteiger partial charge in [-0.3, -0.25) is 4.68 Å². The summed E-state index contributed by atoms with van der Waals surface area (Å²) in [6.45, 7) is 4.70. The van der Waals surface area contributed by atoms with Gasteiger partial charge in [-0.25, -0.2) is 13.1 Å². The van der Waals surface area contributed by atoms with Gasteiger partial charge in [0, 0.05) is 31.9 Å². The van der Waals surface area contributed by atoms with Gasteiger partial charge >= 0.3 is 0 Å². The second-order valence-electron chi connectivity index (χ2n) is 4.75. The maximum atomic E-state index is 11.1. The molecule has 0 spiro atoms. The highest BCUT2D eigenvalue weighted by Gasteiger charge is 2.21. The van der Waals surface area contributed by atoms with E-state index in [9.17, 15) is 8.42 Å². The molecule has 1 rings (SSSR count). The average molecular weight is 261 g/mol. The zero-order valence-electron chi connectivity index (χ0n) is 10.6. The van der Waals surface area contributed by atoms with Crippen LogP contribution in [0.1, 0.15) is 19.5 Å². The van der Waals surface area contributed by atoms with E-state index in [0.717, 1.165) is 11.9 Å². The number of sulfonamides is 1. The van der Waals surface area contributed by atoms with E-state index in [1.54, 1.807) is 11.7 Å². The van der Waals surface area contributed by atoms with Crippen molar-refractivity contribution in [2.24, 2.45) is 7.05 Å². The molecule has 0 aromatic carbocycles. The summed E-state index contributed by atoms with van der Waals surface area (Å²) in [5, 5.41) is 10.9. The molecule has 0 saturated heterocycles. The van der Waals surface area contributed by atoms with Crippen LogP contribution in [0.25, 0.3) is 0 Å². The fraction of sp³-hybridized carbons (Fsp3) is 0.778. The maximum absolute atomic E-state index is 11.1. The molecule has 8 heteroatoms. The summed E-state index contributed by atoms with van der Waals surface area (Å²) >= 11 is 0. The molecular weight excluding hydrogens is 242 g/mol. The van der Waals surface area contributed by atoms with Gasteiger partial charge in [0.1, 0.15) is 0 Å². The predicted molar refractivity (Wildman–Crippen MR) is 64.8 cm³/mol. The Labute approximate surface area is 102 Å². The smallest absolute Gasteiger partial charge is 0.209 e. The zero-order valence-corrected chi connectivity index (χ0v) is 11.4. The third kappa shape index (κ3) is 5.76. The third-order valence-corrected chi connectivity index (χ3v) is 2.91. The van der Waals surface area contributed by atoms with Gasteiger partial charge in [0.2, 0.25) is 10.0 Å². The SMILES string of the molecule is Cn1cc(CNCC(C)(C)NS(C)(=O)=O)nn1. The van der Waals surface area contributed by atoms with E-state index in [-0.39, 0.29) is 0 Å².